The Labute approximate surface area is 67.7 Å². The van der Waals surface area contributed by atoms with E-state index < -0.39 is 0 Å². The number of hydrogen-bond donors (Lipinski definition) is 1. The van der Waals surface area contributed by atoms with Crippen molar-refractivity contribution < 1.29 is 0 Å². The summed E-state index contributed by atoms with van der Waals surface area (Å²) in [6.07, 6.45) is 6.55. The van der Waals surface area contributed by atoms with Gasteiger partial charge in [-0.1, -0.05) is 0 Å². The van der Waals surface area contributed by atoms with Gasteiger partial charge in [-0.25, -0.2) is 10.1 Å². The lowest BCUT2D eigenvalue weighted by Gasteiger charge is -1.97. The second-order valence-corrected chi connectivity index (χ2v) is 2.27. The average Bonchev–Trinajstić information content (AvgIpc) is 2.56. The zero-order chi connectivity index (χ0) is 8.39. The maximum atomic E-state index is 10.8. The van der Waals surface area contributed by atoms with Crippen LogP contribution in [0.2, 0.25) is 0 Å². The van der Waals surface area contributed by atoms with Crippen LogP contribution in [0.1, 0.15) is 0 Å². The van der Waals surface area contributed by atoms with Gasteiger partial charge in [-0.05, 0) is 0 Å². The van der Waals surface area contributed by atoms with E-state index in [1.165, 1.54) is 6.07 Å². The molecule has 0 fully saturated rings. The van der Waals surface area contributed by atoms with Crippen LogP contribution >= 0.6 is 0 Å². The molecule has 2 heterocycles. The van der Waals surface area contributed by atoms with Crippen molar-refractivity contribution in [1.82, 2.24) is 19.7 Å². The molecule has 0 spiro atoms. The van der Waals surface area contributed by atoms with Crippen molar-refractivity contribution in [3.63, 3.8) is 0 Å². The lowest BCUT2D eigenvalue weighted by Crippen LogP contribution is -2.07. The first-order valence-electron chi connectivity index (χ1n) is 3.39. The molecule has 0 aliphatic rings. The highest BCUT2D eigenvalue weighted by Gasteiger charge is 1.94. The highest BCUT2D eigenvalue weighted by Crippen LogP contribution is 1.99. The summed E-state index contributed by atoms with van der Waals surface area (Å²) in [5.74, 6) is 0. The van der Waals surface area contributed by atoms with E-state index in [9.17, 15) is 4.79 Å². The number of hydrogen-bond acceptors (Lipinski definition) is 3. The van der Waals surface area contributed by atoms with Gasteiger partial charge in [0.1, 0.15) is 0 Å². The number of nitrogens with zero attached hydrogens (tertiary/aromatic N) is 3. The first-order chi connectivity index (χ1) is 5.86. The summed E-state index contributed by atoms with van der Waals surface area (Å²) in [7, 11) is 0. The molecule has 0 aliphatic carbocycles. The lowest BCUT2D eigenvalue weighted by molar-refractivity contribution is 0.942. The van der Waals surface area contributed by atoms with Gasteiger partial charge in [-0.2, -0.15) is 5.10 Å². The van der Waals surface area contributed by atoms with Gasteiger partial charge < -0.3 is 4.57 Å². The van der Waals surface area contributed by atoms with E-state index in [2.05, 4.69) is 15.2 Å². The molecule has 2 aromatic rings. The minimum atomic E-state index is -0.221. The molecular weight excluding hydrogens is 156 g/mol. The number of aromatic nitrogens is 4. The molecule has 0 atom stereocenters. The van der Waals surface area contributed by atoms with Crippen LogP contribution in [0.15, 0.2) is 35.8 Å². The molecule has 0 saturated carbocycles. The number of rotatable bonds is 1. The van der Waals surface area contributed by atoms with Crippen molar-refractivity contribution in [2.24, 2.45) is 0 Å². The van der Waals surface area contributed by atoms with Crippen molar-refractivity contribution in [3.05, 3.63) is 41.3 Å². The van der Waals surface area contributed by atoms with Gasteiger partial charge in [0.2, 0.25) is 0 Å². The summed E-state index contributed by atoms with van der Waals surface area (Å²) in [5.41, 5.74) is 0.484. The number of imidazole rings is 1. The summed E-state index contributed by atoms with van der Waals surface area (Å²) >= 11 is 0. The van der Waals surface area contributed by atoms with Crippen molar-refractivity contribution in [1.29, 1.82) is 0 Å². The fourth-order valence-corrected chi connectivity index (χ4v) is 0.919. The number of H-pyrrole nitrogens is 1. The van der Waals surface area contributed by atoms with E-state index >= 15 is 0 Å². The minimum Gasteiger partial charge on any atom is -0.304 e. The normalized spacial score (nSPS) is 10.0. The Morgan fingerprint density at radius 3 is 3.08 bits per heavy atom. The Hall–Kier alpha value is -1.91. The van der Waals surface area contributed by atoms with E-state index in [4.69, 9.17) is 0 Å². The predicted molar refractivity (Wildman–Crippen MR) is 42.0 cm³/mol. The van der Waals surface area contributed by atoms with Crippen LogP contribution in [-0.4, -0.2) is 19.7 Å². The number of nitrogens with one attached hydrogen (secondary N) is 1. The smallest absolute Gasteiger partial charge is 0.266 e. The van der Waals surface area contributed by atoms with Crippen LogP contribution < -0.4 is 5.56 Å². The summed E-state index contributed by atoms with van der Waals surface area (Å²) in [5, 5.41) is 5.95. The van der Waals surface area contributed by atoms with E-state index in [-0.39, 0.29) is 5.56 Å². The third-order valence-electron chi connectivity index (χ3n) is 1.45. The molecular formula is C7H6N4O. The van der Waals surface area contributed by atoms with E-state index in [0.29, 0.717) is 5.69 Å². The van der Waals surface area contributed by atoms with Crippen LogP contribution in [-0.2, 0) is 0 Å². The highest BCUT2D eigenvalue weighted by molar-refractivity contribution is 5.25. The standard InChI is InChI=1S/C7H6N4O/c12-7-3-6(4-9-10-7)11-2-1-8-5-11/h1-5H,(H,10,12). The second kappa shape index (κ2) is 2.61. The average molecular weight is 162 g/mol. The van der Waals surface area contributed by atoms with Crippen molar-refractivity contribution in [3.8, 4) is 5.69 Å². The molecule has 0 bridgehead atoms. The third kappa shape index (κ3) is 1.12. The van der Waals surface area contributed by atoms with E-state index in [1.54, 1.807) is 29.5 Å². The minimum absolute atomic E-state index is 0.221. The Morgan fingerprint density at radius 1 is 1.50 bits per heavy atom. The molecule has 0 amide bonds. The van der Waals surface area contributed by atoms with E-state index in [1.807, 2.05) is 0 Å². The van der Waals surface area contributed by atoms with Gasteiger partial charge in [0.15, 0.2) is 0 Å². The molecule has 0 saturated heterocycles. The molecule has 0 aliphatic heterocycles. The van der Waals surface area contributed by atoms with Crippen LogP contribution in [0.4, 0.5) is 0 Å². The molecule has 12 heavy (non-hydrogen) atoms. The summed E-state index contributed by atoms with van der Waals surface area (Å²) in [4.78, 5) is 14.7. The Morgan fingerprint density at radius 2 is 2.42 bits per heavy atom. The molecule has 5 nitrogen and oxygen atoms in total. The summed E-state index contributed by atoms with van der Waals surface area (Å²) in [6.45, 7) is 0. The quantitative estimate of drug-likeness (QED) is 0.639. The van der Waals surface area contributed by atoms with Gasteiger partial charge in [-0.3, -0.25) is 4.79 Å². The van der Waals surface area contributed by atoms with Crippen molar-refractivity contribution in [2.45, 2.75) is 0 Å². The molecule has 2 rings (SSSR count). The number of aromatic amines is 1. The maximum absolute atomic E-state index is 10.8. The van der Waals surface area contributed by atoms with Gasteiger partial charge >= 0.3 is 0 Å². The van der Waals surface area contributed by atoms with Gasteiger partial charge in [0.05, 0.1) is 18.2 Å². The monoisotopic (exact) mass is 162 g/mol. The zero-order valence-electron chi connectivity index (χ0n) is 6.14. The van der Waals surface area contributed by atoms with Crippen molar-refractivity contribution >= 4 is 0 Å². The van der Waals surface area contributed by atoms with Crippen LogP contribution in [0, 0.1) is 0 Å². The van der Waals surface area contributed by atoms with Gasteiger partial charge in [0.25, 0.3) is 5.56 Å². The fourth-order valence-electron chi connectivity index (χ4n) is 0.919. The topological polar surface area (TPSA) is 63.6 Å². The second-order valence-electron chi connectivity index (χ2n) is 2.27. The van der Waals surface area contributed by atoms with Crippen molar-refractivity contribution in [2.75, 3.05) is 0 Å². The summed E-state index contributed by atoms with van der Waals surface area (Å²) < 4.78 is 1.71. The molecule has 5 heteroatoms. The Bertz CT molecular complexity index is 417. The zero-order valence-corrected chi connectivity index (χ0v) is 6.14. The third-order valence-corrected chi connectivity index (χ3v) is 1.45. The largest absolute Gasteiger partial charge is 0.304 e. The molecule has 60 valence electrons. The van der Waals surface area contributed by atoms with Gasteiger partial charge in [0, 0.05) is 18.5 Å². The SMILES string of the molecule is O=c1cc(-n2ccnc2)cn[nH]1. The highest BCUT2D eigenvalue weighted by atomic mass is 16.1. The Balaban J connectivity index is 2.55. The van der Waals surface area contributed by atoms with Crippen LogP contribution in [0.25, 0.3) is 5.69 Å². The Kier molecular flexibility index (Phi) is 1.48. The molecule has 0 radical (unpaired) electrons. The fraction of sp³-hybridized carbons (Fsp3) is 0. The van der Waals surface area contributed by atoms with Crippen LogP contribution in [0.3, 0.4) is 0 Å². The summed E-state index contributed by atoms with van der Waals surface area (Å²) in [6, 6.07) is 1.45. The van der Waals surface area contributed by atoms with Crippen LogP contribution in [0.5, 0.6) is 0 Å². The molecule has 2 aromatic heterocycles. The first kappa shape index (κ1) is 6.78. The van der Waals surface area contributed by atoms with Gasteiger partial charge in [-0.15, -0.1) is 0 Å². The molecule has 0 unspecified atom stereocenters. The first-order valence-corrected chi connectivity index (χ1v) is 3.39. The molecule has 0 aromatic carbocycles. The van der Waals surface area contributed by atoms with E-state index in [0.717, 1.165) is 0 Å². The maximum Gasteiger partial charge on any atom is 0.266 e. The predicted octanol–water partition coefficient (Wildman–Crippen LogP) is -0.0444. The lowest BCUT2D eigenvalue weighted by atomic mass is 10.5. The molecule has 1 N–H and O–H groups in total.